The van der Waals surface area contributed by atoms with E-state index in [4.69, 9.17) is 4.98 Å². The third kappa shape index (κ3) is 4.67. The number of hydrogen-bond acceptors (Lipinski definition) is 4. The van der Waals surface area contributed by atoms with E-state index >= 15 is 0 Å². The van der Waals surface area contributed by atoms with Gasteiger partial charge in [-0.1, -0.05) is 24.3 Å². The first kappa shape index (κ1) is 21.4. The molecule has 0 unspecified atom stereocenters. The summed E-state index contributed by atoms with van der Waals surface area (Å²) in [5.41, 5.74) is 4.68. The number of carbonyl (C=O) groups is 1. The Bertz CT molecular complexity index is 1440. The van der Waals surface area contributed by atoms with Crippen LogP contribution in [0.25, 0.3) is 16.9 Å². The first-order valence-electron chi connectivity index (χ1n) is 10.8. The van der Waals surface area contributed by atoms with Crippen LogP contribution in [-0.2, 0) is 10.0 Å². The van der Waals surface area contributed by atoms with Gasteiger partial charge < -0.3 is 9.72 Å². The quantitative estimate of drug-likeness (QED) is 0.431. The van der Waals surface area contributed by atoms with Crippen LogP contribution in [0.4, 0.5) is 5.69 Å². The van der Waals surface area contributed by atoms with Gasteiger partial charge in [0.15, 0.2) is 0 Å². The molecular formula is C25H24N4O3S. The fraction of sp³-hybridized carbons (Fsp3) is 0.200. The van der Waals surface area contributed by atoms with Crippen LogP contribution in [0.3, 0.4) is 0 Å². The predicted molar refractivity (Wildman–Crippen MR) is 128 cm³/mol. The van der Waals surface area contributed by atoms with Crippen molar-refractivity contribution in [3.63, 3.8) is 0 Å². The number of sulfonamides is 1. The van der Waals surface area contributed by atoms with Gasteiger partial charge in [-0.15, -0.1) is 0 Å². The molecule has 2 heterocycles. The highest BCUT2D eigenvalue weighted by atomic mass is 32.2. The number of imidazole rings is 1. The molecule has 7 nitrogen and oxygen atoms in total. The normalized spacial score (nSPS) is 13.8. The Hall–Kier alpha value is -3.49. The second kappa shape index (κ2) is 8.46. The average molecular weight is 461 g/mol. The van der Waals surface area contributed by atoms with Gasteiger partial charge in [0, 0.05) is 35.8 Å². The van der Waals surface area contributed by atoms with Crippen molar-refractivity contribution in [1.29, 1.82) is 0 Å². The van der Waals surface area contributed by atoms with Crippen LogP contribution in [0.5, 0.6) is 0 Å². The molecular weight excluding hydrogens is 436 g/mol. The molecule has 2 aromatic carbocycles. The average Bonchev–Trinajstić information content (AvgIpc) is 3.55. The van der Waals surface area contributed by atoms with E-state index < -0.39 is 10.0 Å². The summed E-state index contributed by atoms with van der Waals surface area (Å²) in [7, 11) is -3.63. The SMILES string of the molecule is Cc1cccn2cc(-c3ccc(NC(=O)c4cccc(S(=O)(=O)NCC5CC5)c4)cc3)nc12. The summed E-state index contributed by atoms with van der Waals surface area (Å²) in [6.45, 7) is 2.46. The van der Waals surface area contributed by atoms with Crippen molar-refractivity contribution < 1.29 is 13.2 Å². The van der Waals surface area contributed by atoms with Gasteiger partial charge in [-0.25, -0.2) is 18.1 Å². The topological polar surface area (TPSA) is 92.6 Å². The first-order chi connectivity index (χ1) is 15.9. The van der Waals surface area contributed by atoms with Crippen LogP contribution in [0.2, 0.25) is 0 Å². The molecule has 0 saturated heterocycles. The van der Waals surface area contributed by atoms with E-state index in [9.17, 15) is 13.2 Å². The van der Waals surface area contributed by atoms with Crippen LogP contribution >= 0.6 is 0 Å². The highest BCUT2D eigenvalue weighted by Gasteiger charge is 2.24. The molecule has 0 bridgehead atoms. The minimum Gasteiger partial charge on any atom is -0.322 e. The molecule has 1 amide bonds. The van der Waals surface area contributed by atoms with Gasteiger partial charge in [0.05, 0.1) is 10.6 Å². The molecule has 1 saturated carbocycles. The summed E-state index contributed by atoms with van der Waals surface area (Å²) in [5.74, 6) is 0.0594. The predicted octanol–water partition coefficient (Wildman–Crippen LogP) is 4.25. The highest BCUT2D eigenvalue weighted by molar-refractivity contribution is 7.89. The highest BCUT2D eigenvalue weighted by Crippen LogP contribution is 2.28. The Morgan fingerprint density at radius 3 is 2.61 bits per heavy atom. The lowest BCUT2D eigenvalue weighted by atomic mass is 10.1. The number of benzene rings is 2. The van der Waals surface area contributed by atoms with Crippen molar-refractivity contribution in [3.05, 3.63) is 84.2 Å². The van der Waals surface area contributed by atoms with Gasteiger partial charge in [-0.3, -0.25) is 4.79 Å². The number of rotatable bonds is 7. The molecule has 0 atom stereocenters. The largest absolute Gasteiger partial charge is 0.322 e. The van der Waals surface area contributed by atoms with Crippen molar-refractivity contribution in [2.24, 2.45) is 5.92 Å². The van der Waals surface area contributed by atoms with Gasteiger partial charge >= 0.3 is 0 Å². The smallest absolute Gasteiger partial charge is 0.255 e. The Balaban J connectivity index is 1.30. The zero-order chi connectivity index (χ0) is 23.0. The number of carbonyl (C=O) groups excluding carboxylic acids is 1. The number of fused-ring (bicyclic) bond motifs is 1. The van der Waals surface area contributed by atoms with Crippen molar-refractivity contribution in [1.82, 2.24) is 14.1 Å². The summed E-state index contributed by atoms with van der Waals surface area (Å²) in [6, 6.07) is 17.5. The van der Waals surface area contributed by atoms with Gasteiger partial charge in [-0.05, 0) is 67.6 Å². The van der Waals surface area contributed by atoms with Crippen molar-refractivity contribution in [3.8, 4) is 11.3 Å². The van der Waals surface area contributed by atoms with Crippen molar-refractivity contribution in [2.75, 3.05) is 11.9 Å². The lowest BCUT2D eigenvalue weighted by Crippen LogP contribution is -2.26. The standard InChI is InChI=1S/C25H24N4O3S/c1-17-4-3-13-29-16-23(28-24(17)29)19-9-11-21(12-10-19)27-25(30)20-5-2-6-22(14-20)33(31,32)26-15-18-7-8-18/h2-6,9-14,16,18,26H,7-8,15H2,1H3,(H,27,30). The monoisotopic (exact) mass is 460 g/mol. The molecule has 4 aromatic rings. The molecule has 8 heteroatoms. The molecule has 1 fully saturated rings. The zero-order valence-corrected chi connectivity index (χ0v) is 19.0. The van der Waals surface area contributed by atoms with Crippen molar-refractivity contribution >= 4 is 27.3 Å². The number of nitrogens with zero attached hydrogens (tertiary/aromatic N) is 2. The number of amides is 1. The molecule has 0 aliphatic heterocycles. The van der Waals surface area contributed by atoms with E-state index in [1.165, 1.54) is 12.1 Å². The van der Waals surface area contributed by atoms with E-state index in [1.54, 1.807) is 12.1 Å². The van der Waals surface area contributed by atoms with Crippen LogP contribution in [0.15, 0.2) is 78.0 Å². The van der Waals surface area contributed by atoms with Crippen LogP contribution < -0.4 is 10.0 Å². The third-order valence-corrected chi connectivity index (χ3v) is 7.20. The fourth-order valence-corrected chi connectivity index (χ4v) is 4.82. The number of pyridine rings is 1. The molecule has 0 spiro atoms. The molecule has 33 heavy (non-hydrogen) atoms. The minimum absolute atomic E-state index is 0.0910. The van der Waals surface area contributed by atoms with Crippen molar-refractivity contribution in [2.45, 2.75) is 24.7 Å². The van der Waals surface area contributed by atoms with Gasteiger partial charge in [0.2, 0.25) is 10.0 Å². The number of nitrogens with one attached hydrogen (secondary N) is 2. The number of aromatic nitrogens is 2. The molecule has 2 N–H and O–H groups in total. The number of aryl methyl sites for hydroxylation is 1. The summed E-state index contributed by atoms with van der Waals surface area (Å²) >= 11 is 0. The summed E-state index contributed by atoms with van der Waals surface area (Å²) in [6.07, 6.45) is 6.05. The number of hydrogen-bond donors (Lipinski definition) is 2. The van der Waals surface area contributed by atoms with E-state index in [-0.39, 0.29) is 16.4 Å². The summed E-state index contributed by atoms with van der Waals surface area (Å²) < 4.78 is 29.6. The fourth-order valence-electron chi connectivity index (χ4n) is 3.66. The summed E-state index contributed by atoms with van der Waals surface area (Å²) in [5, 5.41) is 2.83. The van der Waals surface area contributed by atoms with Crippen LogP contribution in [0, 0.1) is 12.8 Å². The zero-order valence-electron chi connectivity index (χ0n) is 18.2. The molecule has 2 aromatic heterocycles. The molecule has 168 valence electrons. The van der Waals surface area contributed by atoms with E-state index in [0.29, 0.717) is 18.2 Å². The first-order valence-corrected chi connectivity index (χ1v) is 12.3. The van der Waals surface area contributed by atoms with Gasteiger partial charge in [-0.2, -0.15) is 0 Å². The van der Waals surface area contributed by atoms with Crippen LogP contribution in [-0.4, -0.2) is 30.3 Å². The lowest BCUT2D eigenvalue weighted by molar-refractivity contribution is 0.102. The molecule has 0 radical (unpaired) electrons. The Kier molecular flexibility index (Phi) is 5.47. The van der Waals surface area contributed by atoms with Gasteiger partial charge in [0.25, 0.3) is 5.91 Å². The third-order valence-electron chi connectivity index (χ3n) is 5.78. The van der Waals surface area contributed by atoms with Gasteiger partial charge in [0.1, 0.15) is 5.65 Å². The maximum Gasteiger partial charge on any atom is 0.255 e. The van der Waals surface area contributed by atoms with E-state index in [0.717, 1.165) is 35.3 Å². The Morgan fingerprint density at radius 2 is 1.88 bits per heavy atom. The van der Waals surface area contributed by atoms with Crippen LogP contribution in [0.1, 0.15) is 28.8 Å². The summed E-state index contributed by atoms with van der Waals surface area (Å²) in [4.78, 5) is 17.5. The molecule has 5 rings (SSSR count). The minimum atomic E-state index is -3.63. The maximum absolute atomic E-state index is 12.7. The molecule has 1 aliphatic rings. The van der Waals surface area contributed by atoms with E-state index in [2.05, 4.69) is 10.0 Å². The Morgan fingerprint density at radius 1 is 1.09 bits per heavy atom. The number of anilines is 1. The van der Waals surface area contributed by atoms with E-state index in [1.807, 2.05) is 60.1 Å². The maximum atomic E-state index is 12.7. The Labute approximate surface area is 192 Å². The second-order valence-corrected chi connectivity index (χ2v) is 10.2. The lowest BCUT2D eigenvalue weighted by Gasteiger charge is -2.09. The molecule has 1 aliphatic carbocycles. The second-order valence-electron chi connectivity index (χ2n) is 8.40.